The summed E-state index contributed by atoms with van der Waals surface area (Å²) in [6, 6.07) is 16.9. The van der Waals surface area contributed by atoms with Gasteiger partial charge in [-0.3, -0.25) is 9.52 Å². The molecule has 0 saturated heterocycles. The molecule has 0 aliphatic heterocycles. The highest BCUT2D eigenvalue weighted by Gasteiger charge is 2.18. The summed E-state index contributed by atoms with van der Waals surface area (Å²) in [6.45, 7) is 0. The topological polar surface area (TPSA) is 75.3 Å². The zero-order valence-electron chi connectivity index (χ0n) is 14.1. The Morgan fingerprint density at radius 3 is 2.07 bits per heavy atom. The van der Waals surface area contributed by atoms with Gasteiger partial charge in [-0.2, -0.15) is 0 Å². The lowest BCUT2D eigenvalue weighted by Gasteiger charge is -2.12. The smallest absolute Gasteiger partial charge is 0.261 e. The molecule has 0 spiro atoms. The number of benzene rings is 3. The van der Waals surface area contributed by atoms with E-state index < -0.39 is 15.9 Å². The molecule has 144 valence electrons. The Kier molecular flexibility index (Phi) is 6.15. The lowest BCUT2D eigenvalue weighted by Crippen LogP contribution is -2.16. The van der Waals surface area contributed by atoms with Crippen molar-refractivity contribution in [2.45, 2.75) is 4.90 Å². The summed E-state index contributed by atoms with van der Waals surface area (Å²) in [6.07, 6.45) is 0. The van der Waals surface area contributed by atoms with Crippen LogP contribution in [0.4, 0.5) is 11.4 Å². The number of carbonyl (C=O) groups is 1. The Morgan fingerprint density at radius 2 is 1.43 bits per heavy atom. The van der Waals surface area contributed by atoms with E-state index >= 15 is 0 Å². The molecule has 0 bridgehead atoms. The molecule has 3 rings (SSSR count). The lowest BCUT2D eigenvalue weighted by atomic mass is 10.2. The summed E-state index contributed by atoms with van der Waals surface area (Å²) >= 11 is 18.2. The number of rotatable bonds is 5. The van der Waals surface area contributed by atoms with Crippen LogP contribution in [0.1, 0.15) is 10.4 Å². The molecule has 0 saturated carbocycles. The van der Waals surface area contributed by atoms with Crippen molar-refractivity contribution in [1.82, 2.24) is 0 Å². The summed E-state index contributed by atoms with van der Waals surface area (Å²) in [5.41, 5.74) is 0.483. The van der Waals surface area contributed by atoms with Gasteiger partial charge in [-0.25, -0.2) is 8.42 Å². The molecule has 3 aromatic rings. The van der Waals surface area contributed by atoms with Crippen LogP contribution in [0.2, 0.25) is 15.1 Å². The van der Waals surface area contributed by atoms with Crippen LogP contribution in [-0.2, 0) is 10.0 Å². The summed E-state index contributed by atoms with van der Waals surface area (Å²) in [4.78, 5) is 12.7. The minimum absolute atomic E-state index is 0.0610. The maximum Gasteiger partial charge on any atom is 0.261 e. The van der Waals surface area contributed by atoms with Crippen LogP contribution in [0.15, 0.2) is 71.6 Å². The number of hydrogen-bond donors (Lipinski definition) is 2. The monoisotopic (exact) mass is 454 g/mol. The van der Waals surface area contributed by atoms with E-state index in [2.05, 4.69) is 10.0 Å². The molecule has 2 N–H and O–H groups in total. The minimum Gasteiger partial charge on any atom is -0.319 e. The maximum atomic E-state index is 12.6. The number of sulfonamides is 1. The van der Waals surface area contributed by atoms with Crippen LogP contribution < -0.4 is 10.0 Å². The van der Waals surface area contributed by atoms with Crippen molar-refractivity contribution in [2.24, 2.45) is 0 Å². The molecule has 0 aliphatic rings. The molecule has 0 unspecified atom stereocenters. The van der Waals surface area contributed by atoms with E-state index in [9.17, 15) is 13.2 Å². The minimum atomic E-state index is -3.81. The third-order valence-corrected chi connectivity index (χ3v) is 6.07. The Labute approximate surface area is 177 Å². The fourth-order valence-corrected chi connectivity index (χ4v) is 4.14. The van der Waals surface area contributed by atoms with Gasteiger partial charge in [0.05, 0.1) is 31.2 Å². The molecule has 3 aromatic carbocycles. The average molecular weight is 456 g/mol. The number of carbonyl (C=O) groups excluding carboxylic acids is 1. The Bertz CT molecular complexity index is 1120. The summed E-state index contributed by atoms with van der Waals surface area (Å²) in [5.74, 6) is -0.583. The maximum absolute atomic E-state index is 12.6. The number of anilines is 2. The van der Waals surface area contributed by atoms with Gasteiger partial charge >= 0.3 is 0 Å². The first-order chi connectivity index (χ1) is 13.3. The van der Waals surface area contributed by atoms with Crippen LogP contribution in [0.3, 0.4) is 0 Å². The number of para-hydroxylation sites is 1. The van der Waals surface area contributed by atoms with Gasteiger partial charge in [0.15, 0.2) is 0 Å². The first-order valence-electron chi connectivity index (χ1n) is 7.91. The number of nitrogens with one attached hydrogen (secondary N) is 2. The van der Waals surface area contributed by atoms with Crippen LogP contribution >= 0.6 is 34.8 Å². The zero-order valence-corrected chi connectivity index (χ0v) is 17.2. The largest absolute Gasteiger partial charge is 0.319 e. The average Bonchev–Trinajstić information content (AvgIpc) is 2.67. The Balaban J connectivity index is 1.88. The third-order valence-electron chi connectivity index (χ3n) is 3.72. The van der Waals surface area contributed by atoms with E-state index in [-0.39, 0.29) is 36.9 Å². The van der Waals surface area contributed by atoms with E-state index in [1.165, 1.54) is 30.3 Å². The molecule has 5 nitrogen and oxygen atoms in total. The van der Waals surface area contributed by atoms with Crippen molar-refractivity contribution >= 4 is 62.1 Å². The zero-order chi connectivity index (χ0) is 20.3. The van der Waals surface area contributed by atoms with Crippen molar-refractivity contribution < 1.29 is 13.2 Å². The van der Waals surface area contributed by atoms with E-state index in [0.717, 1.165) is 0 Å². The Hall–Kier alpha value is -2.25. The molecule has 28 heavy (non-hydrogen) atoms. The first kappa shape index (κ1) is 20.5. The normalized spacial score (nSPS) is 11.1. The summed E-state index contributed by atoms with van der Waals surface area (Å²) < 4.78 is 27.4. The molecule has 0 atom stereocenters. The third kappa shape index (κ3) is 4.59. The van der Waals surface area contributed by atoms with Crippen molar-refractivity contribution in [3.05, 3.63) is 87.4 Å². The van der Waals surface area contributed by atoms with E-state index in [0.29, 0.717) is 0 Å². The van der Waals surface area contributed by atoms with Crippen LogP contribution in [0.25, 0.3) is 0 Å². The highest BCUT2D eigenvalue weighted by molar-refractivity contribution is 7.92. The molecule has 0 heterocycles. The second kappa shape index (κ2) is 8.41. The lowest BCUT2D eigenvalue weighted by molar-refractivity contribution is 0.102. The summed E-state index contributed by atoms with van der Waals surface area (Å²) in [5, 5.41) is 3.26. The molecular formula is C19H13Cl3N2O3S. The second-order valence-electron chi connectivity index (χ2n) is 5.66. The SMILES string of the molecule is O=C(Nc1c(Cl)cccc1Cl)c1cc(NS(=O)(=O)c2ccccc2)ccc1Cl. The number of halogens is 3. The predicted molar refractivity (Wildman–Crippen MR) is 113 cm³/mol. The molecule has 0 radical (unpaired) electrons. The first-order valence-corrected chi connectivity index (χ1v) is 10.5. The Morgan fingerprint density at radius 1 is 0.786 bits per heavy atom. The van der Waals surface area contributed by atoms with Crippen LogP contribution in [0.5, 0.6) is 0 Å². The molecule has 0 aromatic heterocycles. The standard InChI is InChI=1S/C19H13Cl3N2O3S/c20-15-10-9-12(24-28(26,27)13-5-2-1-3-6-13)11-14(15)19(25)23-18-16(21)7-4-8-17(18)22/h1-11,24H,(H,23,25). The van der Waals surface area contributed by atoms with Crippen molar-refractivity contribution in [3.8, 4) is 0 Å². The molecule has 0 aliphatic carbocycles. The van der Waals surface area contributed by atoms with E-state index in [4.69, 9.17) is 34.8 Å². The molecular weight excluding hydrogens is 443 g/mol. The van der Waals surface area contributed by atoms with Gasteiger partial charge in [0.2, 0.25) is 0 Å². The van der Waals surface area contributed by atoms with Gasteiger partial charge in [0.25, 0.3) is 15.9 Å². The van der Waals surface area contributed by atoms with Crippen molar-refractivity contribution in [3.63, 3.8) is 0 Å². The van der Waals surface area contributed by atoms with E-state index in [1.807, 2.05) is 0 Å². The van der Waals surface area contributed by atoms with Gasteiger partial charge < -0.3 is 5.32 Å². The highest BCUT2D eigenvalue weighted by Crippen LogP contribution is 2.31. The van der Waals surface area contributed by atoms with Gasteiger partial charge in [0, 0.05) is 5.69 Å². The quantitative estimate of drug-likeness (QED) is 0.518. The van der Waals surface area contributed by atoms with E-state index in [1.54, 1.807) is 36.4 Å². The molecule has 0 fully saturated rings. The second-order valence-corrected chi connectivity index (χ2v) is 8.57. The highest BCUT2D eigenvalue weighted by atomic mass is 35.5. The van der Waals surface area contributed by atoms with Crippen molar-refractivity contribution in [1.29, 1.82) is 0 Å². The fourth-order valence-electron chi connectivity index (χ4n) is 2.37. The number of hydrogen-bond acceptors (Lipinski definition) is 3. The molecule has 1 amide bonds. The van der Waals surface area contributed by atoms with Crippen molar-refractivity contribution in [2.75, 3.05) is 10.0 Å². The van der Waals surface area contributed by atoms with Crippen LogP contribution in [-0.4, -0.2) is 14.3 Å². The predicted octanol–water partition coefficient (Wildman–Crippen LogP) is 5.70. The van der Waals surface area contributed by atoms with Gasteiger partial charge in [0.1, 0.15) is 0 Å². The van der Waals surface area contributed by atoms with Gasteiger partial charge in [-0.05, 0) is 42.5 Å². The molecule has 9 heteroatoms. The van der Waals surface area contributed by atoms with Gasteiger partial charge in [-0.1, -0.05) is 59.1 Å². The van der Waals surface area contributed by atoms with Gasteiger partial charge in [-0.15, -0.1) is 0 Å². The van der Waals surface area contributed by atoms with Crippen LogP contribution in [0, 0.1) is 0 Å². The number of amides is 1. The summed E-state index contributed by atoms with van der Waals surface area (Å²) in [7, 11) is -3.81. The fraction of sp³-hybridized carbons (Fsp3) is 0.